The van der Waals surface area contributed by atoms with Crippen LogP contribution in [0.15, 0.2) is 60.1 Å². The molecule has 5 rings (SSSR count). The molecule has 1 aliphatic carbocycles. The number of rotatable bonds is 5. The number of carbonyl (C=O) groups excluding carboxylic acids is 1. The molecule has 1 atom stereocenters. The lowest BCUT2D eigenvalue weighted by molar-refractivity contribution is -0.118. The van der Waals surface area contributed by atoms with Crippen LogP contribution in [0.2, 0.25) is 0 Å². The Labute approximate surface area is 193 Å². The average Bonchev–Trinajstić information content (AvgIpc) is 3.24. The number of nitrogens with zero attached hydrogens (tertiary/aromatic N) is 3. The van der Waals surface area contributed by atoms with Crippen LogP contribution in [0.25, 0.3) is 0 Å². The standard InChI is InChI=1S/C26H28N4O3/c1-16-5-7-17(8-6-16)14-33-21-10-9-18(11-22(21)32-4)24-23-19(12-26(2,3)13-20(23)31)29-25-27-15-28-30(24)25/h5-11,15,24H,12-14H2,1-4H3,(H,27,28,29). The highest BCUT2D eigenvalue weighted by Gasteiger charge is 2.41. The molecule has 2 aromatic carbocycles. The molecule has 2 heterocycles. The maximum atomic E-state index is 13.2. The second kappa shape index (κ2) is 8.06. The zero-order valence-electron chi connectivity index (χ0n) is 19.4. The molecule has 1 N–H and O–H groups in total. The topological polar surface area (TPSA) is 78.3 Å². The first-order valence-electron chi connectivity index (χ1n) is 11.1. The van der Waals surface area contributed by atoms with Crippen LogP contribution in [0.1, 0.15) is 49.4 Å². The van der Waals surface area contributed by atoms with Crippen LogP contribution in [0.5, 0.6) is 11.5 Å². The molecular formula is C26H28N4O3. The van der Waals surface area contributed by atoms with Gasteiger partial charge in [-0.3, -0.25) is 4.79 Å². The van der Waals surface area contributed by atoms with Gasteiger partial charge in [0.2, 0.25) is 5.95 Å². The van der Waals surface area contributed by atoms with Gasteiger partial charge in [-0.25, -0.2) is 4.68 Å². The van der Waals surface area contributed by atoms with Gasteiger partial charge in [0.1, 0.15) is 19.0 Å². The van der Waals surface area contributed by atoms with Crippen molar-refractivity contribution in [3.8, 4) is 11.5 Å². The summed E-state index contributed by atoms with van der Waals surface area (Å²) in [4.78, 5) is 17.6. The van der Waals surface area contributed by atoms with Gasteiger partial charge in [-0.1, -0.05) is 49.7 Å². The molecule has 7 nitrogen and oxygen atoms in total. The van der Waals surface area contributed by atoms with Crippen LogP contribution in [-0.2, 0) is 11.4 Å². The first-order valence-corrected chi connectivity index (χ1v) is 11.1. The van der Waals surface area contributed by atoms with E-state index in [1.165, 1.54) is 11.9 Å². The maximum Gasteiger partial charge on any atom is 0.226 e. The molecule has 0 bridgehead atoms. The van der Waals surface area contributed by atoms with Gasteiger partial charge in [0.25, 0.3) is 0 Å². The van der Waals surface area contributed by atoms with Crippen molar-refractivity contribution in [1.82, 2.24) is 14.8 Å². The number of aromatic nitrogens is 3. The highest BCUT2D eigenvalue weighted by molar-refractivity contribution is 6.00. The summed E-state index contributed by atoms with van der Waals surface area (Å²) in [5.74, 6) is 2.05. The van der Waals surface area contributed by atoms with Gasteiger partial charge in [0.05, 0.1) is 7.11 Å². The summed E-state index contributed by atoms with van der Waals surface area (Å²) in [5.41, 5.74) is 4.79. The van der Waals surface area contributed by atoms with Gasteiger partial charge in [-0.15, -0.1) is 0 Å². The largest absolute Gasteiger partial charge is 0.493 e. The lowest BCUT2D eigenvalue weighted by Gasteiger charge is -2.38. The minimum Gasteiger partial charge on any atom is -0.493 e. The highest BCUT2D eigenvalue weighted by Crippen LogP contribution is 2.46. The van der Waals surface area contributed by atoms with E-state index in [0.717, 1.165) is 28.8 Å². The number of carbonyl (C=O) groups is 1. The smallest absolute Gasteiger partial charge is 0.226 e. The van der Waals surface area contributed by atoms with Crippen LogP contribution in [0, 0.1) is 12.3 Å². The summed E-state index contributed by atoms with van der Waals surface area (Å²) >= 11 is 0. The van der Waals surface area contributed by atoms with E-state index in [-0.39, 0.29) is 17.2 Å². The molecule has 3 aromatic rings. The Kier molecular flexibility index (Phi) is 5.19. The number of ketones is 1. The zero-order valence-corrected chi connectivity index (χ0v) is 19.4. The minimum absolute atomic E-state index is 0.0962. The molecule has 2 aliphatic rings. The first kappa shape index (κ1) is 21.2. The van der Waals surface area contributed by atoms with Crippen LogP contribution in [0.3, 0.4) is 0 Å². The number of ether oxygens (including phenoxy) is 2. The molecule has 0 amide bonds. The lowest BCUT2D eigenvalue weighted by Crippen LogP contribution is -2.36. The van der Waals surface area contributed by atoms with E-state index in [9.17, 15) is 4.79 Å². The molecule has 0 saturated heterocycles. The molecule has 33 heavy (non-hydrogen) atoms. The second-order valence-corrected chi connectivity index (χ2v) is 9.57. The van der Waals surface area contributed by atoms with E-state index < -0.39 is 0 Å². The van der Waals surface area contributed by atoms with E-state index in [0.29, 0.717) is 30.5 Å². The number of benzene rings is 2. The van der Waals surface area contributed by atoms with E-state index in [2.05, 4.69) is 60.4 Å². The van der Waals surface area contributed by atoms with Gasteiger partial charge in [0, 0.05) is 17.7 Å². The number of anilines is 1. The zero-order chi connectivity index (χ0) is 23.2. The Morgan fingerprint density at radius 2 is 1.91 bits per heavy atom. The molecule has 170 valence electrons. The van der Waals surface area contributed by atoms with Crippen molar-refractivity contribution < 1.29 is 14.3 Å². The molecule has 1 unspecified atom stereocenters. The van der Waals surface area contributed by atoms with Crippen LogP contribution in [0.4, 0.5) is 5.95 Å². The third-order valence-corrected chi connectivity index (χ3v) is 6.29. The number of fused-ring (bicyclic) bond motifs is 1. The quantitative estimate of drug-likeness (QED) is 0.607. The normalized spacial score (nSPS) is 18.9. The SMILES string of the molecule is COc1cc(C2C3=C(CC(C)(C)CC3=O)Nc3ncnn32)ccc1OCc1ccc(C)cc1. The van der Waals surface area contributed by atoms with Crippen LogP contribution in [-0.4, -0.2) is 27.7 Å². The lowest BCUT2D eigenvalue weighted by atomic mass is 9.73. The molecule has 0 radical (unpaired) electrons. The third-order valence-electron chi connectivity index (χ3n) is 6.29. The summed E-state index contributed by atoms with van der Waals surface area (Å²) < 4.78 is 13.5. The number of hydrogen-bond donors (Lipinski definition) is 1. The molecular weight excluding hydrogens is 416 g/mol. The van der Waals surface area contributed by atoms with Crippen molar-refractivity contribution >= 4 is 11.7 Å². The Hall–Kier alpha value is -3.61. The number of methoxy groups -OCH3 is 1. The van der Waals surface area contributed by atoms with E-state index in [4.69, 9.17) is 9.47 Å². The van der Waals surface area contributed by atoms with Gasteiger partial charge < -0.3 is 14.8 Å². The number of allylic oxidation sites excluding steroid dienone is 2. The van der Waals surface area contributed by atoms with Crippen molar-refractivity contribution in [2.24, 2.45) is 5.41 Å². The molecule has 1 aromatic heterocycles. The second-order valence-electron chi connectivity index (χ2n) is 9.57. The third kappa shape index (κ3) is 3.99. The number of Topliss-reactive ketones (excluding diaryl/α,β-unsaturated/α-hetero) is 1. The monoisotopic (exact) mass is 444 g/mol. The van der Waals surface area contributed by atoms with Crippen molar-refractivity contribution in [1.29, 1.82) is 0 Å². The number of nitrogens with one attached hydrogen (secondary N) is 1. The van der Waals surface area contributed by atoms with Gasteiger partial charge >= 0.3 is 0 Å². The summed E-state index contributed by atoms with van der Waals surface area (Å²) in [5, 5.41) is 7.76. The fourth-order valence-corrected chi connectivity index (χ4v) is 4.68. The highest BCUT2D eigenvalue weighted by atomic mass is 16.5. The summed E-state index contributed by atoms with van der Waals surface area (Å²) in [6.45, 7) is 6.74. The average molecular weight is 445 g/mol. The van der Waals surface area contributed by atoms with Gasteiger partial charge in [0.15, 0.2) is 17.3 Å². The van der Waals surface area contributed by atoms with Crippen LogP contribution < -0.4 is 14.8 Å². The fourth-order valence-electron chi connectivity index (χ4n) is 4.68. The van der Waals surface area contributed by atoms with Crippen molar-refractivity contribution in [3.63, 3.8) is 0 Å². The number of aryl methyl sites for hydroxylation is 1. The molecule has 1 aliphatic heterocycles. The van der Waals surface area contributed by atoms with Crippen molar-refractivity contribution in [2.45, 2.75) is 46.3 Å². The van der Waals surface area contributed by atoms with Gasteiger partial charge in [-0.05, 0) is 42.0 Å². The maximum absolute atomic E-state index is 13.2. The Balaban J connectivity index is 1.49. The minimum atomic E-state index is -0.359. The molecule has 0 saturated carbocycles. The Morgan fingerprint density at radius 1 is 1.12 bits per heavy atom. The van der Waals surface area contributed by atoms with E-state index in [1.807, 2.05) is 18.2 Å². The summed E-state index contributed by atoms with van der Waals surface area (Å²) in [6, 6.07) is 13.7. The summed E-state index contributed by atoms with van der Waals surface area (Å²) in [6.07, 6.45) is 2.80. The van der Waals surface area contributed by atoms with E-state index >= 15 is 0 Å². The molecule has 0 spiro atoms. The summed E-state index contributed by atoms with van der Waals surface area (Å²) in [7, 11) is 1.63. The van der Waals surface area contributed by atoms with Crippen molar-refractivity contribution in [3.05, 3.63) is 76.8 Å². The molecule has 0 fully saturated rings. The Morgan fingerprint density at radius 3 is 2.67 bits per heavy atom. The predicted molar refractivity (Wildman–Crippen MR) is 125 cm³/mol. The van der Waals surface area contributed by atoms with E-state index in [1.54, 1.807) is 11.8 Å². The fraction of sp³-hybridized carbons (Fsp3) is 0.346. The predicted octanol–water partition coefficient (Wildman–Crippen LogP) is 4.83. The van der Waals surface area contributed by atoms with Crippen molar-refractivity contribution in [2.75, 3.05) is 12.4 Å². The number of hydrogen-bond acceptors (Lipinski definition) is 6. The first-order chi connectivity index (χ1) is 15.8. The molecule has 7 heteroatoms. The van der Waals surface area contributed by atoms with Gasteiger partial charge in [-0.2, -0.15) is 10.1 Å². The Bertz CT molecular complexity index is 1240. The van der Waals surface area contributed by atoms with Crippen LogP contribution >= 0.6 is 0 Å².